The van der Waals surface area contributed by atoms with Crippen LogP contribution in [0.4, 0.5) is 0 Å². The Hall–Kier alpha value is -1.85. The van der Waals surface area contributed by atoms with Crippen LogP contribution in [-0.4, -0.2) is 33.4 Å². The fraction of sp³-hybridized carbons (Fsp3) is 0.412. The summed E-state index contributed by atoms with van der Waals surface area (Å²) in [5.74, 6) is -0.00230. The second kappa shape index (κ2) is 7.62. The van der Waals surface area contributed by atoms with E-state index < -0.39 is 0 Å². The lowest BCUT2D eigenvalue weighted by Gasteiger charge is -2.21. The molecule has 5 nitrogen and oxygen atoms in total. The zero-order valence-electron chi connectivity index (χ0n) is 13.6. The monoisotopic (exact) mass is 335 g/mol. The highest BCUT2D eigenvalue weighted by Gasteiger charge is 2.20. The van der Waals surface area contributed by atoms with Crippen LogP contribution < -0.4 is 5.32 Å². The molecule has 0 bridgehead atoms. The van der Waals surface area contributed by atoms with Gasteiger partial charge in [-0.2, -0.15) is 5.10 Å². The van der Waals surface area contributed by atoms with Gasteiger partial charge in [0.15, 0.2) is 5.69 Å². The van der Waals surface area contributed by atoms with E-state index in [1.165, 1.54) is 0 Å². The van der Waals surface area contributed by atoms with Crippen molar-refractivity contribution in [3.05, 3.63) is 46.7 Å². The van der Waals surface area contributed by atoms with Gasteiger partial charge in [-0.15, -0.1) is 0 Å². The molecule has 0 saturated heterocycles. The summed E-state index contributed by atoms with van der Waals surface area (Å²) < 4.78 is 1.61. The molecule has 2 aromatic rings. The van der Waals surface area contributed by atoms with Crippen LogP contribution in [0.15, 0.2) is 30.5 Å². The number of aryl methyl sites for hydroxylation is 1. The van der Waals surface area contributed by atoms with Crippen molar-refractivity contribution in [2.45, 2.75) is 33.2 Å². The van der Waals surface area contributed by atoms with E-state index in [0.29, 0.717) is 17.1 Å². The van der Waals surface area contributed by atoms with E-state index >= 15 is 0 Å². The van der Waals surface area contributed by atoms with E-state index in [1.807, 2.05) is 39.0 Å². The first kappa shape index (κ1) is 17.5. The summed E-state index contributed by atoms with van der Waals surface area (Å²) in [6.45, 7) is 5.90. The third-order valence-corrected chi connectivity index (χ3v) is 4.09. The standard InChI is InChI=1S/C17H22ClN3O2/c1-11(2)14(8-9-22)19-17(23)16-12(3)10-21(20-16)15-7-5-4-6-13(15)18/h4-7,10-11,14,22H,8-9H2,1-3H3,(H,19,23). The average molecular weight is 336 g/mol. The Balaban J connectivity index is 2.24. The Bertz CT molecular complexity index is 682. The Kier molecular flexibility index (Phi) is 5.80. The predicted octanol–water partition coefficient (Wildman–Crippen LogP) is 2.97. The first-order valence-corrected chi connectivity index (χ1v) is 8.04. The molecular weight excluding hydrogens is 314 g/mol. The Labute approximate surface area is 141 Å². The fourth-order valence-electron chi connectivity index (χ4n) is 2.39. The number of nitrogens with zero attached hydrogens (tertiary/aromatic N) is 2. The number of aliphatic hydroxyl groups excluding tert-OH is 1. The molecule has 0 saturated carbocycles. The number of aromatic nitrogens is 2. The Morgan fingerprint density at radius 3 is 2.70 bits per heavy atom. The molecule has 6 heteroatoms. The minimum atomic E-state index is -0.236. The highest BCUT2D eigenvalue weighted by Crippen LogP contribution is 2.20. The first-order chi connectivity index (χ1) is 10.9. The number of carbonyl (C=O) groups excluding carboxylic acids is 1. The number of halogens is 1. The molecule has 0 aliphatic carbocycles. The molecule has 1 aromatic heterocycles. The third-order valence-electron chi connectivity index (χ3n) is 3.77. The second-order valence-corrected chi connectivity index (χ2v) is 6.30. The molecule has 124 valence electrons. The maximum Gasteiger partial charge on any atom is 0.272 e. The van der Waals surface area contributed by atoms with Crippen molar-refractivity contribution < 1.29 is 9.90 Å². The SMILES string of the molecule is Cc1cn(-c2ccccc2Cl)nc1C(=O)NC(CCO)C(C)C. The van der Waals surface area contributed by atoms with E-state index in [4.69, 9.17) is 16.7 Å². The van der Waals surface area contributed by atoms with Gasteiger partial charge >= 0.3 is 0 Å². The number of amides is 1. The van der Waals surface area contributed by atoms with Crippen molar-refractivity contribution in [1.82, 2.24) is 15.1 Å². The first-order valence-electron chi connectivity index (χ1n) is 7.67. The van der Waals surface area contributed by atoms with Crippen LogP contribution in [-0.2, 0) is 0 Å². The van der Waals surface area contributed by atoms with Crippen molar-refractivity contribution in [3.63, 3.8) is 0 Å². The van der Waals surface area contributed by atoms with Crippen molar-refractivity contribution >= 4 is 17.5 Å². The van der Waals surface area contributed by atoms with Crippen LogP contribution in [0.5, 0.6) is 0 Å². The molecule has 1 aromatic carbocycles. The summed E-state index contributed by atoms with van der Waals surface area (Å²) >= 11 is 6.18. The summed E-state index contributed by atoms with van der Waals surface area (Å²) in [5.41, 5.74) is 1.87. The molecule has 1 amide bonds. The van der Waals surface area contributed by atoms with Gasteiger partial charge in [0.25, 0.3) is 5.91 Å². The lowest BCUT2D eigenvalue weighted by atomic mass is 10.0. The molecule has 0 spiro atoms. The number of aliphatic hydroxyl groups is 1. The topological polar surface area (TPSA) is 67.2 Å². The molecular formula is C17H22ClN3O2. The zero-order chi connectivity index (χ0) is 17.0. The maximum atomic E-state index is 12.5. The molecule has 0 aliphatic heterocycles. The number of hydrogen-bond acceptors (Lipinski definition) is 3. The molecule has 0 fully saturated rings. The minimum absolute atomic E-state index is 0.0379. The normalized spacial score (nSPS) is 12.4. The van der Waals surface area contributed by atoms with Gasteiger partial charge in [0, 0.05) is 24.4 Å². The van der Waals surface area contributed by atoms with E-state index in [1.54, 1.807) is 16.9 Å². The van der Waals surface area contributed by atoms with Crippen LogP contribution in [0.25, 0.3) is 5.69 Å². The van der Waals surface area contributed by atoms with E-state index in [9.17, 15) is 4.79 Å². The number of carbonyl (C=O) groups is 1. The van der Waals surface area contributed by atoms with E-state index in [-0.39, 0.29) is 24.5 Å². The average Bonchev–Trinajstić information content (AvgIpc) is 2.89. The van der Waals surface area contributed by atoms with Crippen LogP contribution in [0.1, 0.15) is 36.3 Å². The molecule has 0 radical (unpaired) electrons. The third kappa shape index (κ3) is 4.12. The number of rotatable bonds is 6. The van der Waals surface area contributed by atoms with Crippen LogP contribution in [0.3, 0.4) is 0 Å². The highest BCUT2D eigenvalue weighted by molar-refractivity contribution is 6.32. The van der Waals surface area contributed by atoms with Gasteiger partial charge in [0.05, 0.1) is 10.7 Å². The molecule has 1 atom stereocenters. The predicted molar refractivity (Wildman–Crippen MR) is 91.1 cm³/mol. The van der Waals surface area contributed by atoms with Crippen LogP contribution in [0, 0.1) is 12.8 Å². The molecule has 1 unspecified atom stereocenters. The quantitative estimate of drug-likeness (QED) is 0.852. The lowest BCUT2D eigenvalue weighted by molar-refractivity contribution is 0.0910. The summed E-state index contributed by atoms with van der Waals surface area (Å²) in [6.07, 6.45) is 2.31. The molecule has 23 heavy (non-hydrogen) atoms. The van der Waals surface area contributed by atoms with E-state index in [0.717, 1.165) is 11.3 Å². The highest BCUT2D eigenvalue weighted by atomic mass is 35.5. The largest absolute Gasteiger partial charge is 0.396 e. The lowest BCUT2D eigenvalue weighted by Crippen LogP contribution is -2.39. The van der Waals surface area contributed by atoms with Gasteiger partial charge in [-0.25, -0.2) is 4.68 Å². The zero-order valence-corrected chi connectivity index (χ0v) is 14.3. The summed E-state index contributed by atoms with van der Waals surface area (Å²) in [7, 11) is 0. The van der Waals surface area contributed by atoms with Gasteiger partial charge in [-0.1, -0.05) is 37.6 Å². The van der Waals surface area contributed by atoms with Crippen molar-refractivity contribution in [3.8, 4) is 5.69 Å². The number of para-hydroxylation sites is 1. The van der Waals surface area contributed by atoms with Gasteiger partial charge in [0.1, 0.15) is 0 Å². The van der Waals surface area contributed by atoms with E-state index in [2.05, 4.69) is 10.4 Å². The Morgan fingerprint density at radius 2 is 2.09 bits per heavy atom. The maximum absolute atomic E-state index is 12.5. The van der Waals surface area contributed by atoms with Crippen LogP contribution >= 0.6 is 11.6 Å². The van der Waals surface area contributed by atoms with Crippen molar-refractivity contribution in [1.29, 1.82) is 0 Å². The number of benzene rings is 1. The summed E-state index contributed by atoms with van der Waals surface area (Å²) in [6, 6.07) is 7.26. The second-order valence-electron chi connectivity index (χ2n) is 5.89. The summed E-state index contributed by atoms with van der Waals surface area (Å²) in [4.78, 5) is 12.5. The van der Waals surface area contributed by atoms with Crippen molar-refractivity contribution in [2.75, 3.05) is 6.61 Å². The molecule has 0 aliphatic rings. The molecule has 1 heterocycles. The van der Waals surface area contributed by atoms with Gasteiger partial charge < -0.3 is 10.4 Å². The fourth-order valence-corrected chi connectivity index (χ4v) is 2.62. The van der Waals surface area contributed by atoms with Crippen LogP contribution in [0.2, 0.25) is 5.02 Å². The van der Waals surface area contributed by atoms with Gasteiger partial charge in [-0.3, -0.25) is 4.79 Å². The van der Waals surface area contributed by atoms with Crippen molar-refractivity contribution in [2.24, 2.45) is 5.92 Å². The Morgan fingerprint density at radius 1 is 1.39 bits per heavy atom. The molecule has 2 N–H and O–H groups in total. The minimum Gasteiger partial charge on any atom is -0.396 e. The molecule has 2 rings (SSSR count). The summed E-state index contributed by atoms with van der Waals surface area (Å²) in [5, 5.41) is 17.0. The number of nitrogens with one attached hydrogen (secondary N) is 1. The van der Waals surface area contributed by atoms with Gasteiger partial charge in [0.2, 0.25) is 0 Å². The number of hydrogen-bond donors (Lipinski definition) is 2. The van der Waals surface area contributed by atoms with Gasteiger partial charge in [-0.05, 0) is 31.4 Å². The smallest absolute Gasteiger partial charge is 0.272 e.